The van der Waals surface area contributed by atoms with E-state index in [0.717, 1.165) is 0 Å². The third kappa shape index (κ3) is 2.37. The van der Waals surface area contributed by atoms with Gasteiger partial charge in [-0.3, -0.25) is 14.4 Å². The predicted molar refractivity (Wildman–Crippen MR) is 88.0 cm³/mol. The average molecular weight is 385 g/mol. The number of ketones is 2. The van der Waals surface area contributed by atoms with Crippen LogP contribution in [-0.4, -0.2) is 22.6 Å². The highest BCUT2D eigenvalue weighted by Gasteiger charge is 2.35. The van der Waals surface area contributed by atoms with E-state index in [1.54, 1.807) is 18.2 Å². The number of phenolic OH excluding ortho intramolecular Hbond substituents is 1. The Morgan fingerprint density at radius 1 is 1.17 bits per heavy atom. The van der Waals surface area contributed by atoms with Gasteiger partial charge in [-0.05, 0) is 22.0 Å². The molecule has 24 heavy (non-hydrogen) atoms. The summed E-state index contributed by atoms with van der Waals surface area (Å²) in [6.45, 7) is 0. The van der Waals surface area contributed by atoms with Crippen LogP contribution >= 0.6 is 15.9 Å². The van der Waals surface area contributed by atoms with E-state index in [2.05, 4.69) is 21.2 Å². The fourth-order valence-corrected chi connectivity index (χ4v) is 3.13. The maximum absolute atomic E-state index is 12.8. The molecule has 2 aromatic carbocycles. The molecule has 3 rings (SSSR count). The van der Waals surface area contributed by atoms with Gasteiger partial charge in [0.1, 0.15) is 12.2 Å². The van der Waals surface area contributed by atoms with Gasteiger partial charge in [0.15, 0.2) is 11.6 Å². The zero-order valence-corrected chi connectivity index (χ0v) is 13.7. The molecule has 0 bridgehead atoms. The Labute approximate surface area is 144 Å². The number of anilines is 1. The van der Waals surface area contributed by atoms with Gasteiger partial charge in [-0.25, -0.2) is 0 Å². The fraction of sp³-hybridized carbons (Fsp3) is 0.0588. The predicted octanol–water partition coefficient (Wildman–Crippen LogP) is 2.78. The molecule has 2 aromatic rings. The van der Waals surface area contributed by atoms with Gasteiger partial charge in [0.2, 0.25) is 5.91 Å². The smallest absolute Gasteiger partial charge is 0.238 e. The summed E-state index contributed by atoms with van der Waals surface area (Å²) in [5, 5.41) is 21.2. The zero-order valence-electron chi connectivity index (χ0n) is 12.1. The lowest BCUT2D eigenvalue weighted by molar-refractivity contribution is -0.115. The Morgan fingerprint density at radius 2 is 1.75 bits per heavy atom. The second-order valence-electron chi connectivity index (χ2n) is 5.09. The number of hydrogen-bond acceptors (Lipinski definition) is 5. The first kappa shape index (κ1) is 15.9. The summed E-state index contributed by atoms with van der Waals surface area (Å²) in [5.41, 5.74) is 0.215. The Bertz CT molecular complexity index is 960. The molecule has 0 heterocycles. The number of halogens is 1. The van der Waals surface area contributed by atoms with Crippen molar-refractivity contribution in [2.75, 3.05) is 5.32 Å². The van der Waals surface area contributed by atoms with Crippen LogP contribution in [0.2, 0.25) is 0 Å². The van der Waals surface area contributed by atoms with Gasteiger partial charge in [0.25, 0.3) is 0 Å². The second kappa shape index (κ2) is 5.91. The fourth-order valence-electron chi connectivity index (χ4n) is 2.62. The van der Waals surface area contributed by atoms with E-state index in [1.807, 2.05) is 0 Å². The first-order valence-electron chi connectivity index (χ1n) is 6.86. The number of carbonyl (C=O) groups excluding carboxylic acids is 3. The topological polar surface area (TPSA) is 107 Å². The first-order chi connectivity index (χ1) is 11.5. The number of phenols is 1. The number of carbonyl (C=O) groups is 3. The summed E-state index contributed by atoms with van der Waals surface area (Å²) in [7, 11) is 0. The van der Waals surface area contributed by atoms with Crippen molar-refractivity contribution in [2.24, 2.45) is 0 Å². The summed E-state index contributed by atoms with van der Waals surface area (Å²) < 4.78 is 0.241. The molecule has 0 spiro atoms. The molecule has 1 aliphatic rings. The van der Waals surface area contributed by atoms with Gasteiger partial charge in [-0.2, -0.15) is 5.26 Å². The van der Waals surface area contributed by atoms with Crippen LogP contribution < -0.4 is 5.32 Å². The van der Waals surface area contributed by atoms with Crippen LogP contribution in [0.1, 0.15) is 38.3 Å². The molecule has 0 radical (unpaired) electrons. The number of fused-ring (bicyclic) bond motifs is 2. The molecule has 0 saturated carbocycles. The minimum Gasteiger partial charge on any atom is -0.507 e. The van der Waals surface area contributed by atoms with E-state index >= 15 is 0 Å². The van der Waals surface area contributed by atoms with Crippen molar-refractivity contribution in [3.8, 4) is 11.8 Å². The summed E-state index contributed by atoms with van der Waals surface area (Å²) in [6.07, 6.45) is -0.402. The van der Waals surface area contributed by atoms with Crippen molar-refractivity contribution in [3.05, 3.63) is 57.1 Å². The minimum absolute atomic E-state index is 0.0657. The third-order valence-corrected chi connectivity index (χ3v) is 4.26. The largest absolute Gasteiger partial charge is 0.507 e. The molecule has 118 valence electrons. The lowest BCUT2D eigenvalue weighted by Gasteiger charge is -2.22. The van der Waals surface area contributed by atoms with Crippen molar-refractivity contribution >= 4 is 39.1 Å². The number of nitrogens with zero attached hydrogens (tertiary/aromatic N) is 1. The summed E-state index contributed by atoms with van der Waals surface area (Å²) in [6, 6.07) is 9.21. The van der Waals surface area contributed by atoms with Crippen LogP contribution in [0.4, 0.5) is 5.69 Å². The van der Waals surface area contributed by atoms with Crippen LogP contribution in [0.5, 0.6) is 5.75 Å². The summed E-state index contributed by atoms with van der Waals surface area (Å²) >= 11 is 3.17. The molecule has 1 amide bonds. The number of rotatable bonds is 2. The van der Waals surface area contributed by atoms with Gasteiger partial charge >= 0.3 is 0 Å². The van der Waals surface area contributed by atoms with Crippen molar-refractivity contribution in [2.45, 2.75) is 6.42 Å². The lowest BCUT2D eigenvalue weighted by atomic mass is 9.82. The van der Waals surface area contributed by atoms with E-state index in [0.29, 0.717) is 0 Å². The number of amides is 1. The molecule has 1 aliphatic carbocycles. The van der Waals surface area contributed by atoms with Crippen LogP contribution in [-0.2, 0) is 4.79 Å². The first-order valence-corrected chi connectivity index (χ1v) is 7.65. The summed E-state index contributed by atoms with van der Waals surface area (Å²) in [4.78, 5) is 37.2. The standard InChI is InChI=1S/C17H9BrN2O4/c18-10-7-11(21)13-14(15(10)20-12(22)5-6-19)17(24)9-4-2-1-3-8(9)16(13)23/h1-4,7,21H,5H2,(H,20,22). The molecule has 0 aliphatic heterocycles. The van der Waals surface area contributed by atoms with Crippen molar-refractivity contribution < 1.29 is 19.5 Å². The minimum atomic E-state index is -0.620. The van der Waals surface area contributed by atoms with Crippen LogP contribution in [0, 0.1) is 11.3 Å². The van der Waals surface area contributed by atoms with Crippen LogP contribution in [0.25, 0.3) is 0 Å². The number of nitriles is 1. The average Bonchev–Trinajstić information content (AvgIpc) is 2.55. The Kier molecular flexibility index (Phi) is 3.91. The maximum Gasteiger partial charge on any atom is 0.238 e. The molecule has 2 N–H and O–H groups in total. The van der Waals surface area contributed by atoms with E-state index in [4.69, 9.17) is 5.26 Å². The number of aromatic hydroxyl groups is 1. The number of benzene rings is 2. The van der Waals surface area contributed by atoms with Gasteiger partial charge in [0, 0.05) is 15.6 Å². The molecular formula is C17H9BrN2O4. The lowest BCUT2D eigenvalue weighted by Crippen LogP contribution is -2.24. The van der Waals surface area contributed by atoms with E-state index in [-0.39, 0.29) is 38.2 Å². The quantitative estimate of drug-likeness (QED) is 0.660. The molecule has 6 nitrogen and oxygen atoms in total. The van der Waals surface area contributed by atoms with Crippen molar-refractivity contribution in [3.63, 3.8) is 0 Å². The Morgan fingerprint density at radius 3 is 2.33 bits per heavy atom. The normalized spacial score (nSPS) is 12.2. The molecule has 0 aromatic heterocycles. The molecule has 0 saturated heterocycles. The van der Waals surface area contributed by atoms with E-state index in [9.17, 15) is 19.5 Å². The monoisotopic (exact) mass is 384 g/mol. The molecule has 0 unspecified atom stereocenters. The highest BCUT2D eigenvalue weighted by Crippen LogP contribution is 2.41. The van der Waals surface area contributed by atoms with Crippen LogP contribution in [0.15, 0.2) is 34.8 Å². The SMILES string of the molecule is N#CCC(=O)Nc1c(Br)cc(O)c2c1C(=O)c1ccccc1C2=O. The third-order valence-electron chi connectivity index (χ3n) is 3.63. The highest BCUT2D eigenvalue weighted by molar-refractivity contribution is 9.10. The maximum atomic E-state index is 12.8. The molecule has 7 heteroatoms. The van der Waals surface area contributed by atoms with Crippen molar-refractivity contribution in [1.29, 1.82) is 5.26 Å². The number of hydrogen-bond donors (Lipinski definition) is 2. The van der Waals surface area contributed by atoms with Crippen LogP contribution in [0.3, 0.4) is 0 Å². The zero-order chi connectivity index (χ0) is 17.4. The van der Waals surface area contributed by atoms with Gasteiger partial charge in [-0.1, -0.05) is 24.3 Å². The molecular weight excluding hydrogens is 376 g/mol. The summed E-state index contributed by atoms with van der Waals surface area (Å²) in [5.74, 6) is -1.96. The second-order valence-corrected chi connectivity index (χ2v) is 5.94. The Balaban J connectivity index is 2.26. The van der Waals surface area contributed by atoms with E-state index < -0.39 is 23.9 Å². The molecule has 0 atom stereocenters. The highest BCUT2D eigenvalue weighted by atomic mass is 79.9. The number of nitrogens with one attached hydrogen (secondary N) is 1. The molecule has 0 fully saturated rings. The van der Waals surface area contributed by atoms with E-state index in [1.165, 1.54) is 18.2 Å². The van der Waals surface area contributed by atoms with Gasteiger partial charge in [0.05, 0.1) is 22.9 Å². The van der Waals surface area contributed by atoms with Gasteiger partial charge in [-0.15, -0.1) is 0 Å². The Hall–Kier alpha value is -2.98. The van der Waals surface area contributed by atoms with Gasteiger partial charge < -0.3 is 10.4 Å². The van der Waals surface area contributed by atoms with Crippen molar-refractivity contribution in [1.82, 2.24) is 0 Å².